The van der Waals surface area contributed by atoms with Gasteiger partial charge in [0.1, 0.15) is 5.75 Å². The summed E-state index contributed by atoms with van der Waals surface area (Å²) < 4.78 is 11.5. The van der Waals surface area contributed by atoms with E-state index in [9.17, 15) is 5.11 Å². The van der Waals surface area contributed by atoms with Crippen LogP contribution in [0.1, 0.15) is 96.4 Å². The number of unbranched alkanes of at least 4 members (excludes halogenated alkanes) is 3. The Balaban J connectivity index is 1.94. The fourth-order valence-electron chi connectivity index (χ4n) is 4.46. The molecule has 0 saturated heterocycles. The molecule has 3 aromatic carbocycles. The van der Waals surface area contributed by atoms with Crippen molar-refractivity contribution < 1.29 is 14.6 Å². The monoisotopic (exact) mass is 557 g/mol. The summed E-state index contributed by atoms with van der Waals surface area (Å²) in [4.78, 5) is 4.90. The number of para-hydroxylation sites is 1. The first-order valence-corrected chi connectivity index (χ1v) is 14.6. The van der Waals surface area contributed by atoms with Crippen molar-refractivity contribution in [3.8, 4) is 17.2 Å². The predicted octanol–water partition coefficient (Wildman–Crippen LogP) is 8.66. The highest BCUT2D eigenvalue weighted by Gasteiger charge is 2.27. The molecule has 0 bridgehead atoms. The number of aliphatic imine (C=N–C) groups is 1. The molecule has 0 aromatic heterocycles. The Bertz CT molecular complexity index is 1300. The topological polar surface area (TPSA) is 75.4 Å². The van der Waals surface area contributed by atoms with Crippen LogP contribution in [-0.2, 0) is 10.8 Å². The summed E-state index contributed by atoms with van der Waals surface area (Å²) in [5, 5.41) is 15.8. The zero-order valence-corrected chi connectivity index (χ0v) is 26.0. The van der Waals surface area contributed by atoms with Crippen LogP contribution in [0.25, 0.3) is 0 Å². The molecule has 0 heterocycles. The molecule has 0 amide bonds. The van der Waals surface area contributed by atoms with E-state index in [-0.39, 0.29) is 10.8 Å². The Morgan fingerprint density at radius 2 is 1.51 bits per heavy atom. The molecule has 0 fully saturated rings. The summed E-state index contributed by atoms with van der Waals surface area (Å²) >= 11 is 0. The molecule has 0 unspecified atom stereocenters. The molecular weight excluding hydrogens is 510 g/mol. The fraction of sp³-hybridized carbons (Fsp3) is 0.429. The summed E-state index contributed by atoms with van der Waals surface area (Å²) in [5.74, 6) is 2.32. The maximum atomic E-state index is 11.2. The molecule has 0 aliphatic carbocycles. The van der Waals surface area contributed by atoms with Crippen LogP contribution in [0.4, 0.5) is 5.69 Å². The van der Waals surface area contributed by atoms with E-state index in [0.29, 0.717) is 23.9 Å². The second-order valence-corrected chi connectivity index (χ2v) is 12.4. The van der Waals surface area contributed by atoms with E-state index in [1.165, 1.54) is 12.8 Å². The Labute approximate surface area is 246 Å². The van der Waals surface area contributed by atoms with Gasteiger partial charge in [0.15, 0.2) is 17.3 Å². The van der Waals surface area contributed by atoms with Gasteiger partial charge in [0, 0.05) is 16.7 Å². The van der Waals surface area contributed by atoms with Crippen LogP contribution in [0, 0.1) is 0 Å². The fourth-order valence-corrected chi connectivity index (χ4v) is 4.46. The number of hydrogen-bond acceptors (Lipinski definition) is 5. The molecule has 3 aromatic rings. The molecule has 41 heavy (non-hydrogen) atoms. The Morgan fingerprint density at radius 3 is 2.10 bits per heavy atom. The molecule has 0 aliphatic heterocycles. The van der Waals surface area contributed by atoms with E-state index in [0.717, 1.165) is 46.5 Å². The largest absolute Gasteiger partial charge is 0.507 e. The average Bonchev–Trinajstić information content (AvgIpc) is 2.92. The van der Waals surface area contributed by atoms with Crippen molar-refractivity contribution in [2.24, 2.45) is 10.1 Å². The number of nitrogens with zero attached hydrogens (tertiary/aromatic N) is 2. The molecule has 3 rings (SSSR count). The van der Waals surface area contributed by atoms with Crippen molar-refractivity contribution in [1.82, 2.24) is 5.43 Å². The van der Waals surface area contributed by atoms with Crippen molar-refractivity contribution in [1.29, 1.82) is 0 Å². The van der Waals surface area contributed by atoms with Gasteiger partial charge in [0.05, 0.1) is 25.6 Å². The minimum atomic E-state index is -0.266. The van der Waals surface area contributed by atoms with Gasteiger partial charge in [0.25, 0.3) is 0 Å². The van der Waals surface area contributed by atoms with Crippen LogP contribution < -0.4 is 14.9 Å². The number of benzene rings is 3. The Morgan fingerprint density at radius 1 is 0.854 bits per heavy atom. The van der Waals surface area contributed by atoms with Crippen LogP contribution in [0.15, 0.2) is 70.8 Å². The molecule has 0 spiro atoms. The highest BCUT2D eigenvalue weighted by molar-refractivity contribution is 6.01. The summed E-state index contributed by atoms with van der Waals surface area (Å²) in [6, 6.07) is 19.6. The van der Waals surface area contributed by atoms with E-state index >= 15 is 0 Å². The molecule has 0 atom stereocenters. The van der Waals surface area contributed by atoms with Gasteiger partial charge in [0.2, 0.25) is 0 Å². The number of amidine groups is 1. The second kappa shape index (κ2) is 14.2. The minimum absolute atomic E-state index is 0.266. The van der Waals surface area contributed by atoms with Crippen molar-refractivity contribution in [2.75, 3.05) is 13.7 Å². The third-order valence-electron chi connectivity index (χ3n) is 6.82. The quantitative estimate of drug-likeness (QED) is 0.107. The van der Waals surface area contributed by atoms with Crippen molar-refractivity contribution in [3.05, 3.63) is 82.9 Å². The number of hydrogen-bond donors (Lipinski definition) is 2. The van der Waals surface area contributed by atoms with Gasteiger partial charge in [-0.3, -0.25) is 5.43 Å². The molecule has 6 nitrogen and oxygen atoms in total. The third-order valence-corrected chi connectivity index (χ3v) is 6.82. The van der Waals surface area contributed by atoms with Crippen LogP contribution in [0.5, 0.6) is 17.2 Å². The normalized spacial score (nSPS) is 12.5. The Kier molecular flexibility index (Phi) is 11.0. The number of nitrogens with one attached hydrogen (secondary N) is 1. The number of hydrazone groups is 1. The number of ether oxygens (including phenoxy) is 2. The highest BCUT2D eigenvalue weighted by Crippen LogP contribution is 2.40. The number of phenolic OH excluding ortho intramolecular Hbond substituents is 1. The number of methoxy groups -OCH3 is 1. The standard InChI is InChI=1S/C35H47N3O3/c1-9-10-11-15-20-41-30-19-18-25(21-31(30)40-8)24-36-38-33(37-27-16-13-12-14-17-27)26-22-28(34(2,3)4)32(39)29(23-26)35(5,6)7/h12-14,16-19,21-24,39H,9-11,15,20H2,1-8H3,(H,37,38)/b36-24+. The molecule has 2 N–H and O–H groups in total. The van der Waals surface area contributed by atoms with Crippen LogP contribution >= 0.6 is 0 Å². The van der Waals surface area contributed by atoms with E-state index < -0.39 is 0 Å². The molecule has 6 heteroatoms. The van der Waals surface area contributed by atoms with E-state index in [1.807, 2.05) is 60.7 Å². The summed E-state index contributed by atoms with van der Waals surface area (Å²) in [7, 11) is 1.65. The zero-order chi connectivity index (χ0) is 30.0. The molecule has 0 radical (unpaired) electrons. The van der Waals surface area contributed by atoms with E-state index in [4.69, 9.17) is 14.5 Å². The SMILES string of the molecule is CCCCCCOc1ccc(/C=N/NC(=Nc2ccccc2)c2cc(C(C)(C)C)c(O)c(C(C)(C)C)c2)cc1OC. The lowest BCUT2D eigenvalue weighted by molar-refractivity contribution is 0.285. The van der Waals surface area contributed by atoms with Gasteiger partial charge < -0.3 is 14.6 Å². The van der Waals surface area contributed by atoms with Gasteiger partial charge in [-0.05, 0) is 65.3 Å². The van der Waals surface area contributed by atoms with Gasteiger partial charge in [-0.25, -0.2) is 4.99 Å². The summed E-state index contributed by atoms with van der Waals surface area (Å²) in [6.45, 7) is 15.5. The minimum Gasteiger partial charge on any atom is -0.507 e. The van der Waals surface area contributed by atoms with Crippen LogP contribution in [-0.4, -0.2) is 30.9 Å². The third kappa shape index (κ3) is 9.10. The first kappa shape index (κ1) is 31.7. The van der Waals surface area contributed by atoms with Gasteiger partial charge >= 0.3 is 0 Å². The van der Waals surface area contributed by atoms with Crippen LogP contribution in [0.3, 0.4) is 0 Å². The lowest BCUT2D eigenvalue weighted by Gasteiger charge is -2.28. The van der Waals surface area contributed by atoms with Crippen LogP contribution in [0.2, 0.25) is 0 Å². The lowest BCUT2D eigenvalue weighted by Crippen LogP contribution is -2.23. The second-order valence-electron chi connectivity index (χ2n) is 12.4. The first-order valence-electron chi connectivity index (χ1n) is 14.6. The first-order chi connectivity index (χ1) is 19.4. The van der Waals surface area contributed by atoms with E-state index in [2.05, 4.69) is 59.0 Å². The van der Waals surface area contributed by atoms with Crippen molar-refractivity contribution in [3.63, 3.8) is 0 Å². The number of rotatable bonds is 11. The summed E-state index contributed by atoms with van der Waals surface area (Å²) in [6.07, 6.45) is 6.35. The average molecular weight is 558 g/mol. The van der Waals surface area contributed by atoms with Gasteiger partial charge in [-0.1, -0.05) is 85.9 Å². The molecule has 0 aliphatic rings. The van der Waals surface area contributed by atoms with Gasteiger partial charge in [-0.15, -0.1) is 0 Å². The molecular formula is C35H47N3O3. The van der Waals surface area contributed by atoms with Crippen molar-refractivity contribution in [2.45, 2.75) is 85.0 Å². The Hall–Kier alpha value is -3.80. The van der Waals surface area contributed by atoms with E-state index in [1.54, 1.807) is 13.3 Å². The van der Waals surface area contributed by atoms with Gasteiger partial charge in [-0.2, -0.15) is 5.10 Å². The maximum Gasteiger partial charge on any atom is 0.161 e. The maximum absolute atomic E-state index is 11.2. The smallest absolute Gasteiger partial charge is 0.161 e. The van der Waals surface area contributed by atoms with Crippen molar-refractivity contribution >= 4 is 17.7 Å². The number of aromatic hydroxyl groups is 1. The highest BCUT2D eigenvalue weighted by atomic mass is 16.5. The molecule has 220 valence electrons. The lowest BCUT2D eigenvalue weighted by atomic mass is 9.78. The predicted molar refractivity (Wildman–Crippen MR) is 172 cm³/mol. The number of phenols is 1. The molecule has 0 saturated carbocycles. The zero-order valence-electron chi connectivity index (χ0n) is 26.0. The summed E-state index contributed by atoms with van der Waals surface area (Å²) in [5.41, 5.74) is 6.89.